The third kappa shape index (κ3) is 4.19. The van der Waals surface area contributed by atoms with Crippen molar-refractivity contribution in [2.24, 2.45) is 5.92 Å². The van der Waals surface area contributed by atoms with Crippen LogP contribution in [-0.4, -0.2) is 42.1 Å². The molecule has 2 aliphatic rings. The highest BCUT2D eigenvalue weighted by atomic mass is 16.6. The number of carbonyl (C=O) groups is 2. The van der Waals surface area contributed by atoms with E-state index in [9.17, 15) is 9.59 Å². The molecule has 1 unspecified atom stereocenters. The number of fused-ring (bicyclic) bond motifs is 1. The van der Waals surface area contributed by atoms with Crippen LogP contribution in [0.1, 0.15) is 51.2 Å². The first-order valence-electron chi connectivity index (χ1n) is 9.63. The van der Waals surface area contributed by atoms with Crippen LogP contribution in [0, 0.1) is 12.8 Å². The van der Waals surface area contributed by atoms with E-state index >= 15 is 0 Å². The Kier molecular flexibility index (Phi) is 5.26. The molecule has 0 saturated carbocycles. The molecule has 2 amide bonds. The first kappa shape index (κ1) is 18.7. The highest BCUT2D eigenvalue weighted by Gasteiger charge is 2.34. The number of aryl methyl sites for hydroxylation is 2. The molecule has 5 nitrogen and oxygen atoms in total. The summed E-state index contributed by atoms with van der Waals surface area (Å²) in [5.41, 5.74) is 3.01. The quantitative estimate of drug-likeness (QED) is 0.764. The van der Waals surface area contributed by atoms with Crippen molar-refractivity contribution in [1.29, 1.82) is 0 Å². The Morgan fingerprint density at radius 3 is 2.65 bits per heavy atom. The van der Waals surface area contributed by atoms with Crippen molar-refractivity contribution < 1.29 is 14.3 Å². The number of benzene rings is 1. The normalized spacial score (nSPS) is 20.5. The summed E-state index contributed by atoms with van der Waals surface area (Å²) in [7, 11) is 0. The van der Waals surface area contributed by atoms with Gasteiger partial charge in [-0.05, 0) is 65.0 Å². The Hall–Kier alpha value is -2.04. The standard InChI is InChI=1S/C21H30N2O3/c1-15-9-10-18-16(13-15)7-6-12-23(18)19(24)17-8-5-11-22(14-17)20(25)26-21(2,3)4/h9-10,13,17H,5-8,11-12,14H2,1-4H3. The van der Waals surface area contributed by atoms with E-state index in [0.717, 1.165) is 37.9 Å². The van der Waals surface area contributed by atoms with E-state index in [2.05, 4.69) is 25.1 Å². The van der Waals surface area contributed by atoms with Gasteiger partial charge in [0.2, 0.25) is 5.91 Å². The summed E-state index contributed by atoms with van der Waals surface area (Å²) in [6.45, 7) is 9.55. The second-order valence-corrected chi connectivity index (χ2v) is 8.49. The number of anilines is 1. The lowest BCUT2D eigenvalue weighted by Crippen LogP contribution is -2.49. The maximum absolute atomic E-state index is 13.2. The number of hydrogen-bond acceptors (Lipinski definition) is 3. The Morgan fingerprint density at radius 1 is 1.15 bits per heavy atom. The third-order valence-corrected chi connectivity index (χ3v) is 5.04. The van der Waals surface area contributed by atoms with Gasteiger partial charge in [-0.25, -0.2) is 4.79 Å². The molecule has 1 aromatic rings. The van der Waals surface area contributed by atoms with Gasteiger partial charge in [0, 0.05) is 25.3 Å². The van der Waals surface area contributed by atoms with E-state index in [-0.39, 0.29) is 17.9 Å². The van der Waals surface area contributed by atoms with E-state index in [0.29, 0.717) is 13.1 Å². The van der Waals surface area contributed by atoms with Crippen molar-refractivity contribution in [3.8, 4) is 0 Å². The number of likely N-dealkylation sites (tertiary alicyclic amines) is 1. The number of rotatable bonds is 1. The average molecular weight is 358 g/mol. The Balaban J connectivity index is 1.72. The molecule has 26 heavy (non-hydrogen) atoms. The molecule has 0 radical (unpaired) electrons. The average Bonchev–Trinajstić information content (AvgIpc) is 2.59. The fourth-order valence-electron chi connectivity index (χ4n) is 3.85. The van der Waals surface area contributed by atoms with Gasteiger partial charge >= 0.3 is 6.09 Å². The predicted molar refractivity (Wildman–Crippen MR) is 102 cm³/mol. The maximum atomic E-state index is 13.2. The predicted octanol–water partition coefficient (Wildman–Crippen LogP) is 3.92. The number of nitrogens with zero attached hydrogens (tertiary/aromatic N) is 2. The summed E-state index contributed by atoms with van der Waals surface area (Å²) in [6, 6.07) is 6.32. The summed E-state index contributed by atoms with van der Waals surface area (Å²) in [6.07, 6.45) is 3.37. The number of hydrogen-bond donors (Lipinski definition) is 0. The van der Waals surface area contributed by atoms with Crippen LogP contribution in [-0.2, 0) is 16.0 Å². The highest BCUT2D eigenvalue weighted by molar-refractivity contribution is 5.96. The van der Waals surface area contributed by atoms with E-state index in [1.165, 1.54) is 11.1 Å². The van der Waals surface area contributed by atoms with Crippen LogP contribution in [0.2, 0.25) is 0 Å². The summed E-state index contributed by atoms with van der Waals surface area (Å²) < 4.78 is 5.48. The molecule has 142 valence electrons. The largest absolute Gasteiger partial charge is 0.444 e. The molecule has 2 heterocycles. The van der Waals surface area contributed by atoms with Crippen molar-refractivity contribution >= 4 is 17.7 Å². The second-order valence-electron chi connectivity index (χ2n) is 8.49. The van der Waals surface area contributed by atoms with Crippen molar-refractivity contribution in [3.05, 3.63) is 29.3 Å². The molecule has 0 N–H and O–H groups in total. The minimum Gasteiger partial charge on any atom is -0.444 e. The van der Waals surface area contributed by atoms with Crippen LogP contribution >= 0.6 is 0 Å². The number of ether oxygens (including phenoxy) is 1. The molecule has 0 spiro atoms. The molecule has 0 bridgehead atoms. The van der Waals surface area contributed by atoms with Gasteiger partial charge in [-0.2, -0.15) is 0 Å². The van der Waals surface area contributed by atoms with Gasteiger partial charge < -0.3 is 14.5 Å². The second kappa shape index (κ2) is 7.29. The Bertz CT molecular complexity index is 693. The zero-order chi connectivity index (χ0) is 18.9. The molecule has 3 rings (SSSR count). The van der Waals surface area contributed by atoms with E-state index in [4.69, 9.17) is 4.74 Å². The van der Waals surface area contributed by atoms with Crippen LogP contribution in [0.3, 0.4) is 0 Å². The van der Waals surface area contributed by atoms with Gasteiger partial charge in [-0.1, -0.05) is 17.7 Å². The SMILES string of the molecule is Cc1ccc2c(c1)CCCN2C(=O)C1CCCN(C(=O)OC(C)(C)C)C1. The van der Waals surface area contributed by atoms with Gasteiger partial charge in [-0.3, -0.25) is 4.79 Å². The molecule has 0 aliphatic carbocycles. The zero-order valence-electron chi connectivity index (χ0n) is 16.4. The molecular weight excluding hydrogens is 328 g/mol. The minimum atomic E-state index is -0.516. The zero-order valence-corrected chi connectivity index (χ0v) is 16.4. The van der Waals surface area contributed by atoms with E-state index in [1.54, 1.807) is 4.90 Å². The molecule has 0 aromatic heterocycles. The van der Waals surface area contributed by atoms with Gasteiger partial charge in [0.15, 0.2) is 0 Å². The van der Waals surface area contributed by atoms with Crippen molar-refractivity contribution in [2.45, 2.75) is 59.0 Å². The molecule has 1 saturated heterocycles. The monoisotopic (exact) mass is 358 g/mol. The molecule has 5 heteroatoms. The summed E-state index contributed by atoms with van der Waals surface area (Å²) in [4.78, 5) is 29.2. The number of piperidine rings is 1. The molecular formula is C21H30N2O3. The summed E-state index contributed by atoms with van der Waals surface area (Å²) in [5.74, 6) is -0.00779. The minimum absolute atomic E-state index is 0.142. The highest BCUT2D eigenvalue weighted by Crippen LogP contribution is 2.31. The fourth-order valence-corrected chi connectivity index (χ4v) is 3.85. The molecule has 1 atom stereocenters. The smallest absolute Gasteiger partial charge is 0.410 e. The van der Waals surface area contributed by atoms with Gasteiger partial charge in [0.25, 0.3) is 0 Å². The lowest BCUT2D eigenvalue weighted by atomic mass is 9.93. The summed E-state index contributed by atoms with van der Waals surface area (Å²) in [5, 5.41) is 0. The van der Waals surface area contributed by atoms with E-state index < -0.39 is 5.60 Å². The summed E-state index contributed by atoms with van der Waals surface area (Å²) >= 11 is 0. The maximum Gasteiger partial charge on any atom is 0.410 e. The fraction of sp³-hybridized carbons (Fsp3) is 0.619. The Labute approximate surface area is 156 Å². The van der Waals surface area contributed by atoms with Crippen molar-refractivity contribution in [3.63, 3.8) is 0 Å². The van der Waals surface area contributed by atoms with Crippen molar-refractivity contribution in [1.82, 2.24) is 4.90 Å². The first-order valence-corrected chi connectivity index (χ1v) is 9.63. The van der Waals surface area contributed by atoms with Crippen LogP contribution in [0.15, 0.2) is 18.2 Å². The third-order valence-electron chi connectivity index (χ3n) is 5.04. The van der Waals surface area contributed by atoms with Gasteiger partial charge in [0.1, 0.15) is 5.60 Å². The molecule has 1 fully saturated rings. The van der Waals surface area contributed by atoms with Crippen LogP contribution in [0.25, 0.3) is 0 Å². The van der Waals surface area contributed by atoms with Crippen LogP contribution in [0.4, 0.5) is 10.5 Å². The molecule has 1 aromatic carbocycles. The molecule has 2 aliphatic heterocycles. The van der Waals surface area contributed by atoms with Gasteiger partial charge in [-0.15, -0.1) is 0 Å². The lowest BCUT2D eigenvalue weighted by Gasteiger charge is -2.37. The topological polar surface area (TPSA) is 49.9 Å². The number of amides is 2. The van der Waals surface area contributed by atoms with Crippen LogP contribution in [0.5, 0.6) is 0 Å². The Morgan fingerprint density at radius 2 is 1.92 bits per heavy atom. The first-order chi connectivity index (χ1) is 12.2. The van der Waals surface area contributed by atoms with E-state index in [1.807, 2.05) is 25.7 Å². The number of carbonyl (C=O) groups excluding carboxylic acids is 2. The van der Waals surface area contributed by atoms with Gasteiger partial charge in [0.05, 0.1) is 5.92 Å². The lowest BCUT2D eigenvalue weighted by molar-refractivity contribution is -0.124. The van der Waals surface area contributed by atoms with Crippen molar-refractivity contribution in [2.75, 3.05) is 24.5 Å². The van der Waals surface area contributed by atoms with Crippen LogP contribution < -0.4 is 4.90 Å².